The van der Waals surface area contributed by atoms with Gasteiger partial charge >= 0.3 is 0 Å². The molecular formula is C17H23Br2NO. The minimum Gasteiger partial charge on any atom is -0.491 e. The number of hydrogen-bond acceptors (Lipinski definition) is 2. The Morgan fingerprint density at radius 2 is 1.95 bits per heavy atom. The van der Waals surface area contributed by atoms with Crippen molar-refractivity contribution in [3.05, 3.63) is 26.6 Å². The highest BCUT2D eigenvalue weighted by Gasteiger charge is 2.39. The van der Waals surface area contributed by atoms with Crippen LogP contribution in [0.3, 0.4) is 0 Å². The summed E-state index contributed by atoms with van der Waals surface area (Å²) in [7, 11) is 0. The van der Waals surface area contributed by atoms with Gasteiger partial charge in [-0.05, 0) is 99.9 Å². The molecule has 21 heavy (non-hydrogen) atoms. The van der Waals surface area contributed by atoms with Gasteiger partial charge in [0.05, 0.1) is 15.6 Å². The summed E-state index contributed by atoms with van der Waals surface area (Å²) >= 11 is 7.29. The van der Waals surface area contributed by atoms with E-state index in [1.807, 2.05) is 6.92 Å². The summed E-state index contributed by atoms with van der Waals surface area (Å²) in [4.78, 5) is 0. The van der Waals surface area contributed by atoms with Gasteiger partial charge in [-0.25, -0.2) is 0 Å². The summed E-state index contributed by atoms with van der Waals surface area (Å²) in [5, 5.41) is 0. The number of hydrogen-bond donors (Lipinski definition) is 1. The molecule has 2 aliphatic carbocycles. The molecule has 4 heteroatoms. The topological polar surface area (TPSA) is 35.2 Å². The number of benzene rings is 1. The number of halogens is 2. The SMILES string of the molecule is CC(N)Cc1cc(Br)c(OCC2CC3CCC2C3)c(Br)c1. The van der Waals surface area contributed by atoms with Gasteiger partial charge in [0.1, 0.15) is 5.75 Å². The summed E-state index contributed by atoms with van der Waals surface area (Å²) in [5.41, 5.74) is 7.11. The van der Waals surface area contributed by atoms with Crippen LogP contribution in [0, 0.1) is 17.8 Å². The molecule has 4 atom stereocenters. The number of nitrogens with two attached hydrogens (primary N) is 1. The summed E-state index contributed by atoms with van der Waals surface area (Å²) in [5.74, 6) is 3.58. The lowest BCUT2D eigenvalue weighted by molar-refractivity contribution is 0.193. The zero-order valence-corrected chi connectivity index (χ0v) is 15.6. The van der Waals surface area contributed by atoms with E-state index < -0.39 is 0 Å². The van der Waals surface area contributed by atoms with Gasteiger partial charge in [0.25, 0.3) is 0 Å². The molecule has 2 fully saturated rings. The molecule has 2 aliphatic rings. The van der Waals surface area contributed by atoms with Gasteiger partial charge in [0.2, 0.25) is 0 Å². The van der Waals surface area contributed by atoms with Crippen LogP contribution in [-0.2, 0) is 6.42 Å². The third-order valence-corrected chi connectivity index (χ3v) is 6.12. The van der Waals surface area contributed by atoms with Crippen LogP contribution in [-0.4, -0.2) is 12.6 Å². The van der Waals surface area contributed by atoms with Gasteiger partial charge in [-0.2, -0.15) is 0 Å². The summed E-state index contributed by atoms with van der Waals surface area (Å²) < 4.78 is 8.19. The van der Waals surface area contributed by atoms with Gasteiger partial charge in [-0.1, -0.05) is 6.42 Å². The molecule has 0 aromatic heterocycles. The minimum absolute atomic E-state index is 0.171. The van der Waals surface area contributed by atoms with Crippen molar-refractivity contribution in [2.45, 2.75) is 45.1 Å². The highest BCUT2D eigenvalue weighted by atomic mass is 79.9. The predicted molar refractivity (Wildman–Crippen MR) is 93.6 cm³/mol. The van der Waals surface area contributed by atoms with Crippen LogP contribution in [0.5, 0.6) is 5.75 Å². The third-order valence-electron chi connectivity index (χ3n) is 4.94. The lowest BCUT2D eigenvalue weighted by Gasteiger charge is -2.22. The monoisotopic (exact) mass is 415 g/mol. The second-order valence-electron chi connectivity index (χ2n) is 6.82. The summed E-state index contributed by atoms with van der Waals surface area (Å²) in [6.07, 6.45) is 6.53. The maximum absolute atomic E-state index is 6.14. The Labute approximate surface area is 144 Å². The normalized spacial score (nSPS) is 28.9. The van der Waals surface area contributed by atoms with Crippen molar-refractivity contribution >= 4 is 31.9 Å². The zero-order chi connectivity index (χ0) is 15.0. The number of fused-ring (bicyclic) bond motifs is 2. The van der Waals surface area contributed by atoms with Crippen molar-refractivity contribution in [3.63, 3.8) is 0 Å². The average molecular weight is 417 g/mol. The van der Waals surface area contributed by atoms with Crippen LogP contribution in [0.15, 0.2) is 21.1 Å². The third kappa shape index (κ3) is 3.65. The van der Waals surface area contributed by atoms with Crippen molar-refractivity contribution in [1.82, 2.24) is 0 Å². The van der Waals surface area contributed by atoms with E-state index in [1.165, 1.54) is 31.2 Å². The maximum Gasteiger partial charge on any atom is 0.147 e. The van der Waals surface area contributed by atoms with Gasteiger partial charge in [0.15, 0.2) is 0 Å². The quantitative estimate of drug-likeness (QED) is 0.739. The lowest BCUT2D eigenvalue weighted by atomic mass is 9.89. The minimum atomic E-state index is 0.171. The Bertz CT molecular complexity index is 495. The molecule has 4 unspecified atom stereocenters. The first-order valence-corrected chi connectivity index (χ1v) is 9.48. The smallest absolute Gasteiger partial charge is 0.147 e. The largest absolute Gasteiger partial charge is 0.491 e. The Kier molecular flexibility index (Phi) is 4.97. The fourth-order valence-corrected chi connectivity index (χ4v) is 5.52. The molecule has 1 aromatic carbocycles. The number of rotatable bonds is 5. The fraction of sp³-hybridized carbons (Fsp3) is 0.647. The first-order valence-electron chi connectivity index (χ1n) is 7.89. The molecule has 3 rings (SSSR count). The van der Waals surface area contributed by atoms with E-state index in [1.54, 1.807) is 0 Å². The number of ether oxygens (including phenoxy) is 1. The second kappa shape index (κ2) is 6.59. The van der Waals surface area contributed by atoms with Crippen LogP contribution in [0.2, 0.25) is 0 Å². The molecule has 2 N–H and O–H groups in total. The van der Waals surface area contributed by atoms with Crippen LogP contribution >= 0.6 is 31.9 Å². The van der Waals surface area contributed by atoms with Gasteiger partial charge in [-0.15, -0.1) is 0 Å². The van der Waals surface area contributed by atoms with E-state index in [4.69, 9.17) is 10.5 Å². The summed E-state index contributed by atoms with van der Waals surface area (Å²) in [6, 6.07) is 4.43. The highest BCUT2D eigenvalue weighted by Crippen LogP contribution is 2.48. The fourth-order valence-electron chi connectivity index (χ4n) is 4.01. The molecule has 0 amide bonds. The Morgan fingerprint density at radius 1 is 1.24 bits per heavy atom. The summed E-state index contributed by atoms with van der Waals surface area (Å²) in [6.45, 7) is 2.88. The van der Waals surface area contributed by atoms with E-state index in [0.717, 1.165) is 45.5 Å². The molecule has 0 saturated heterocycles. The molecule has 0 heterocycles. The van der Waals surface area contributed by atoms with Gasteiger partial charge in [0, 0.05) is 6.04 Å². The second-order valence-corrected chi connectivity index (χ2v) is 8.52. The molecular weight excluding hydrogens is 394 g/mol. The van der Waals surface area contributed by atoms with Crippen molar-refractivity contribution in [2.75, 3.05) is 6.61 Å². The molecule has 0 radical (unpaired) electrons. The van der Waals surface area contributed by atoms with Crippen LogP contribution < -0.4 is 10.5 Å². The Balaban J connectivity index is 1.65. The predicted octanol–water partition coefficient (Wildman–Crippen LogP) is 4.92. The van der Waals surface area contributed by atoms with Crippen molar-refractivity contribution in [2.24, 2.45) is 23.5 Å². The van der Waals surface area contributed by atoms with E-state index >= 15 is 0 Å². The first-order chi connectivity index (χ1) is 10.0. The molecule has 0 aliphatic heterocycles. The average Bonchev–Trinajstić information content (AvgIpc) is 2.99. The standard InChI is InChI=1S/C17H23Br2NO/c1-10(20)4-12-7-15(18)17(16(19)8-12)21-9-14-6-11-2-3-13(14)5-11/h7-8,10-11,13-14H,2-6,9,20H2,1H3. The molecule has 116 valence electrons. The van der Waals surface area contributed by atoms with E-state index in [0.29, 0.717) is 0 Å². The van der Waals surface area contributed by atoms with Crippen molar-refractivity contribution < 1.29 is 4.74 Å². The Hall–Kier alpha value is -0.0600. The first kappa shape index (κ1) is 15.8. The molecule has 2 bridgehead atoms. The van der Waals surface area contributed by atoms with Crippen LogP contribution in [0.1, 0.15) is 38.2 Å². The van der Waals surface area contributed by atoms with Gasteiger partial charge < -0.3 is 10.5 Å². The van der Waals surface area contributed by atoms with Crippen molar-refractivity contribution in [3.8, 4) is 5.75 Å². The van der Waals surface area contributed by atoms with Gasteiger partial charge in [-0.3, -0.25) is 0 Å². The molecule has 1 aromatic rings. The van der Waals surface area contributed by atoms with E-state index in [-0.39, 0.29) is 6.04 Å². The molecule has 0 spiro atoms. The maximum atomic E-state index is 6.14. The van der Waals surface area contributed by atoms with Crippen LogP contribution in [0.4, 0.5) is 0 Å². The van der Waals surface area contributed by atoms with E-state index in [9.17, 15) is 0 Å². The molecule has 2 nitrogen and oxygen atoms in total. The Morgan fingerprint density at radius 3 is 2.48 bits per heavy atom. The van der Waals surface area contributed by atoms with Crippen molar-refractivity contribution in [1.29, 1.82) is 0 Å². The van der Waals surface area contributed by atoms with Crippen LogP contribution in [0.25, 0.3) is 0 Å². The zero-order valence-electron chi connectivity index (χ0n) is 12.4. The van der Waals surface area contributed by atoms with E-state index in [2.05, 4.69) is 44.0 Å². The molecule has 2 saturated carbocycles. The highest BCUT2D eigenvalue weighted by molar-refractivity contribution is 9.11. The lowest BCUT2D eigenvalue weighted by Crippen LogP contribution is -2.19.